The van der Waals surface area contributed by atoms with Crippen LogP contribution in [-0.4, -0.2) is 4.57 Å². The first-order valence-corrected chi connectivity index (χ1v) is 14.6. The number of aromatic nitrogens is 1. The van der Waals surface area contributed by atoms with Crippen LogP contribution < -0.4 is 0 Å². The van der Waals surface area contributed by atoms with Crippen LogP contribution in [0.4, 0.5) is 0 Å². The molecule has 0 unspecified atom stereocenters. The molecular weight excluding hydrogens is 530 g/mol. The summed E-state index contributed by atoms with van der Waals surface area (Å²) in [4.78, 5) is 0. The van der Waals surface area contributed by atoms with Crippen LogP contribution in [0.25, 0.3) is 61.2 Å². The van der Waals surface area contributed by atoms with Gasteiger partial charge >= 0.3 is 0 Å². The molecule has 0 bridgehead atoms. The van der Waals surface area contributed by atoms with E-state index in [4.69, 9.17) is 8.83 Å². The number of hydrogen-bond acceptors (Lipinski definition) is 4. The van der Waals surface area contributed by atoms with E-state index in [-0.39, 0.29) is 0 Å². The highest BCUT2D eigenvalue weighted by Crippen LogP contribution is 2.49. The number of aryl methyl sites for hydroxylation is 3. The van der Waals surface area contributed by atoms with Crippen molar-refractivity contribution in [2.24, 2.45) is 0 Å². The lowest BCUT2D eigenvalue weighted by atomic mass is 9.84. The minimum Gasteiger partial charge on any atom is -0.465 e. The summed E-state index contributed by atoms with van der Waals surface area (Å²) in [6.07, 6.45) is 5.27. The molecule has 3 heterocycles. The van der Waals surface area contributed by atoms with Crippen LogP contribution in [-0.2, 0) is 19.3 Å². The lowest BCUT2D eigenvalue weighted by molar-refractivity contribution is 0.451. The van der Waals surface area contributed by atoms with Gasteiger partial charge < -0.3 is 13.4 Å². The molecule has 0 amide bonds. The Hall–Kier alpha value is -5.78. The van der Waals surface area contributed by atoms with Crippen LogP contribution >= 0.6 is 0 Å². The number of para-hydroxylation sites is 2. The average molecular weight is 554 g/mol. The third kappa shape index (κ3) is 3.31. The maximum absolute atomic E-state index is 10.4. The van der Waals surface area contributed by atoms with E-state index in [1.54, 1.807) is 6.07 Å². The Labute approximate surface area is 247 Å². The van der Waals surface area contributed by atoms with Crippen molar-refractivity contribution in [1.82, 2.24) is 4.57 Å². The van der Waals surface area contributed by atoms with E-state index in [2.05, 4.69) is 77.4 Å². The number of hydrogen-bond donors (Lipinski definition) is 0. The lowest BCUT2D eigenvalue weighted by Crippen LogP contribution is -2.05. The first-order valence-electron chi connectivity index (χ1n) is 14.6. The molecule has 0 N–H and O–H groups in total. The number of benzene rings is 4. The van der Waals surface area contributed by atoms with Gasteiger partial charge in [0.15, 0.2) is 0 Å². The summed E-state index contributed by atoms with van der Waals surface area (Å²) >= 11 is 0. The van der Waals surface area contributed by atoms with Crippen molar-refractivity contribution in [3.05, 3.63) is 124 Å². The second-order valence-electron chi connectivity index (χ2n) is 11.3. The molecule has 7 aromatic rings. The normalized spacial score (nSPS) is 13.8. The molecule has 0 spiro atoms. The zero-order valence-electron chi connectivity index (χ0n) is 23.1. The predicted octanol–water partition coefficient (Wildman–Crippen LogP) is 9.12. The van der Waals surface area contributed by atoms with Crippen LogP contribution in [0.2, 0.25) is 0 Å². The Kier molecular flexibility index (Phi) is 4.92. The summed E-state index contributed by atoms with van der Waals surface area (Å²) in [6, 6.07) is 33.3. The molecule has 0 aliphatic heterocycles. The van der Waals surface area contributed by atoms with Crippen molar-refractivity contribution < 1.29 is 8.83 Å². The first kappa shape index (κ1) is 23.9. The molecule has 2 aliphatic carbocycles. The second kappa shape index (κ2) is 8.86. The number of rotatable bonds is 2. The van der Waals surface area contributed by atoms with Crippen molar-refractivity contribution in [2.75, 3.05) is 0 Å². The molecule has 0 radical (unpaired) electrons. The van der Waals surface area contributed by atoms with Gasteiger partial charge in [-0.25, -0.2) is 0 Å². The Morgan fingerprint density at radius 3 is 2.07 bits per heavy atom. The minimum atomic E-state index is 0.607. The van der Waals surface area contributed by atoms with Crippen LogP contribution in [0.15, 0.2) is 93.8 Å². The molecule has 0 saturated heterocycles. The Morgan fingerprint density at radius 1 is 0.605 bits per heavy atom. The summed E-state index contributed by atoms with van der Waals surface area (Å²) in [5.41, 5.74) is 10.5. The second-order valence-corrected chi connectivity index (χ2v) is 11.3. The monoisotopic (exact) mass is 553 g/mol. The van der Waals surface area contributed by atoms with E-state index < -0.39 is 0 Å². The smallest absolute Gasteiger partial charge is 0.135 e. The molecule has 0 fully saturated rings. The zero-order chi connectivity index (χ0) is 28.7. The largest absolute Gasteiger partial charge is 0.465 e. The van der Waals surface area contributed by atoms with Gasteiger partial charge in [0.05, 0.1) is 40.0 Å². The summed E-state index contributed by atoms with van der Waals surface area (Å²) in [5, 5.41) is 23.3. The van der Waals surface area contributed by atoms with E-state index in [1.165, 1.54) is 10.8 Å². The van der Waals surface area contributed by atoms with Gasteiger partial charge in [-0.15, -0.1) is 0 Å². The number of nitrogens with zero attached hydrogens (tertiary/aromatic N) is 3. The Bertz CT molecular complexity index is 2380. The van der Waals surface area contributed by atoms with Crippen LogP contribution in [0.5, 0.6) is 0 Å². The third-order valence-electron chi connectivity index (χ3n) is 9.06. The van der Waals surface area contributed by atoms with Crippen molar-refractivity contribution in [3.8, 4) is 29.0 Å². The van der Waals surface area contributed by atoms with E-state index in [0.717, 1.165) is 98.5 Å². The predicted molar refractivity (Wildman–Crippen MR) is 168 cm³/mol. The average Bonchev–Trinajstić information content (AvgIpc) is 3.72. The van der Waals surface area contributed by atoms with E-state index >= 15 is 0 Å². The zero-order valence-corrected chi connectivity index (χ0v) is 23.1. The Balaban J connectivity index is 1.31. The highest BCUT2D eigenvalue weighted by Gasteiger charge is 2.32. The van der Waals surface area contributed by atoms with Gasteiger partial charge in [-0.3, -0.25) is 0 Å². The van der Waals surface area contributed by atoms with Gasteiger partial charge in [0.2, 0.25) is 0 Å². The van der Waals surface area contributed by atoms with E-state index in [0.29, 0.717) is 11.1 Å². The standard InChI is InChI=1S/C38H23N3O2/c39-20-22-12-14-32-27(18-22)37-34(42-32)16-17-35-38(37)28-19-23(13-15-33(28)43-35)36-24(21-40)6-5-11-31(36)41-29-9-3-1-7-25(29)26-8-2-4-10-30(26)41/h1-12,14,18-19H,13,15-17H2. The van der Waals surface area contributed by atoms with Gasteiger partial charge in [0, 0.05) is 57.7 Å². The molecule has 202 valence electrons. The van der Waals surface area contributed by atoms with Crippen LogP contribution in [0.1, 0.15) is 46.0 Å². The Morgan fingerprint density at radius 2 is 1.33 bits per heavy atom. The quantitative estimate of drug-likeness (QED) is 0.214. The van der Waals surface area contributed by atoms with Gasteiger partial charge in [-0.05, 0) is 60.5 Å². The van der Waals surface area contributed by atoms with Crippen LogP contribution in [0, 0.1) is 22.7 Å². The van der Waals surface area contributed by atoms with Crippen molar-refractivity contribution in [3.63, 3.8) is 0 Å². The maximum atomic E-state index is 10.4. The molecule has 9 rings (SSSR count). The molecule has 3 aromatic heterocycles. The number of nitriles is 2. The summed E-state index contributed by atoms with van der Waals surface area (Å²) in [6.45, 7) is 0. The number of allylic oxidation sites excluding steroid dienone is 1. The third-order valence-corrected chi connectivity index (χ3v) is 9.06. The molecule has 0 saturated carbocycles. The van der Waals surface area contributed by atoms with Gasteiger partial charge in [-0.1, -0.05) is 42.5 Å². The van der Waals surface area contributed by atoms with Gasteiger partial charge in [0.25, 0.3) is 0 Å². The maximum Gasteiger partial charge on any atom is 0.135 e. The fourth-order valence-electron chi connectivity index (χ4n) is 7.26. The summed E-state index contributed by atoms with van der Waals surface area (Å²) in [5.74, 6) is 2.88. The molecule has 5 heteroatoms. The summed E-state index contributed by atoms with van der Waals surface area (Å²) in [7, 11) is 0. The number of fused-ring (bicyclic) bond motifs is 10. The molecule has 4 aromatic carbocycles. The minimum absolute atomic E-state index is 0.607. The topological polar surface area (TPSA) is 78.8 Å². The fraction of sp³-hybridized carbons (Fsp3) is 0.105. The van der Waals surface area contributed by atoms with E-state index in [1.807, 2.05) is 24.3 Å². The molecule has 0 atom stereocenters. The van der Waals surface area contributed by atoms with Crippen LogP contribution in [0.3, 0.4) is 0 Å². The SMILES string of the molecule is N#Cc1ccc2oc3c(c2c1)-c1c(oc2c1C=C(c1c(C#N)cccc1-n1c4ccccc4c4ccccc41)CC2)CC3. The first-order chi connectivity index (χ1) is 21.2. The fourth-order valence-corrected chi connectivity index (χ4v) is 7.26. The molecular formula is C38H23N3O2. The van der Waals surface area contributed by atoms with Crippen molar-refractivity contribution in [2.45, 2.75) is 25.7 Å². The summed E-state index contributed by atoms with van der Waals surface area (Å²) < 4.78 is 15.1. The molecule has 5 nitrogen and oxygen atoms in total. The van der Waals surface area contributed by atoms with E-state index in [9.17, 15) is 10.5 Å². The molecule has 2 aliphatic rings. The number of furan rings is 2. The van der Waals surface area contributed by atoms with Crippen molar-refractivity contribution >= 4 is 44.4 Å². The highest BCUT2D eigenvalue weighted by atomic mass is 16.3. The van der Waals surface area contributed by atoms with Gasteiger partial charge in [-0.2, -0.15) is 10.5 Å². The van der Waals surface area contributed by atoms with Gasteiger partial charge in [0.1, 0.15) is 22.9 Å². The van der Waals surface area contributed by atoms with Crippen molar-refractivity contribution in [1.29, 1.82) is 10.5 Å². The lowest BCUT2D eigenvalue weighted by Gasteiger charge is -2.20. The highest BCUT2D eigenvalue weighted by molar-refractivity contribution is 6.10. The molecule has 43 heavy (non-hydrogen) atoms.